The van der Waals surface area contributed by atoms with E-state index in [1.165, 1.54) is 31.5 Å². The van der Waals surface area contributed by atoms with Crippen LogP contribution in [0.25, 0.3) is 0 Å². The monoisotopic (exact) mass is 506 g/mol. The first-order valence-electron chi connectivity index (χ1n) is 10.6. The summed E-state index contributed by atoms with van der Waals surface area (Å²) >= 11 is 0. The summed E-state index contributed by atoms with van der Waals surface area (Å²) in [4.78, 5) is 11.6. The molecule has 1 fully saturated rings. The van der Waals surface area contributed by atoms with Crippen LogP contribution in [-0.2, 0) is 11.2 Å². The molecule has 2 aromatic carbocycles. The lowest BCUT2D eigenvalue weighted by Gasteiger charge is -2.41. The number of halogens is 1. The molecule has 5 heteroatoms. The van der Waals surface area contributed by atoms with Gasteiger partial charge in [0.2, 0.25) is 5.91 Å². The van der Waals surface area contributed by atoms with Crippen molar-refractivity contribution in [1.82, 2.24) is 0 Å². The summed E-state index contributed by atoms with van der Waals surface area (Å²) in [5.41, 5.74) is 3.56. The van der Waals surface area contributed by atoms with Gasteiger partial charge in [0.25, 0.3) is 0 Å². The number of anilines is 1. The Morgan fingerprint density at radius 3 is 2.55 bits per heavy atom. The minimum atomic E-state index is 0. The molecule has 0 spiro atoms. The van der Waals surface area contributed by atoms with Gasteiger partial charge in [-0.15, -0.1) is 0 Å². The van der Waals surface area contributed by atoms with Gasteiger partial charge < -0.3 is 38.5 Å². The zero-order valence-electron chi connectivity index (χ0n) is 17.2. The summed E-state index contributed by atoms with van der Waals surface area (Å²) in [7, 11) is 2.39. The number of piperidine rings is 1. The Bertz CT molecular complexity index is 817. The number of amides is 1. The summed E-state index contributed by atoms with van der Waals surface area (Å²) in [6, 6.07) is 16.9. The molecule has 1 amide bonds. The lowest BCUT2D eigenvalue weighted by molar-refractivity contribution is -0.914. The van der Waals surface area contributed by atoms with Gasteiger partial charge in [0.1, 0.15) is 5.75 Å². The van der Waals surface area contributed by atoms with Crippen molar-refractivity contribution in [3.8, 4) is 5.75 Å². The summed E-state index contributed by atoms with van der Waals surface area (Å²) in [6.07, 6.45) is 4.92. The van der Waals surface area contributed by atoms with Crippen LogP contribution in [-0.4, -0.2) is 43.7 Å². The molecule has 2 aliphatic rings. The molecule has 0 unspecified atom stereocenters. The van der Waals surface area contributed by atoms with Crippen LogP contribution in [0.2, 0.25) is 0 Å². The lowest BCUT2D eigenvalue weighted by Crippen LogP contribution is -3.00. The standard InChI is InChI=1S/C24H30N2O2.HI/c1-26(16-13-20(14-17-26)19-7-3-2-4-8-19)15-6-18-28-23-10-5-9-22-21(23)11-12-24(27)25-22;/h2-5,7-10,20H,6,11-18H2,1H3;1H. The molecule has 4 rings (SSSR count). The first-order valence-corrected chi connectivity index (χ1v) is 10.6. The van der Waals surface area contributed by atoms with E-state index in [-0.39, 0.29) is 29.9 Å². The van der Waals surface area contributed by atoms with E-state index < -0.39 is 0 Å². The molecule has 29 heavy (non-hydrogen) atoms. The van der Waals surface area contributed by atoms with E-state index in [1.54, 1.807) is 0 Å². The van der Waals surface area contributed by atoms with Crippen molar-refractivity contribution < 1.29 is 38.0 Å². The van der Waals surface area contributed by atoms with Gasteiger partial charge in [-0.1, -0.05) is 36.4 Å². The second-order valence-corrected chi connectivity index (χ2v) is 8.51. The van der Waals surface area contributed by atoms with Crippen LogP contribution in [0.15, 0.2) is 48.5 Å². The molecule has 156 valence electrons. The zero-order valence-corrected chi connectivity index (χ0v) is 19.4. The molecule has 0 aliphatic carbocycles. The fourth-order valence-electron chi connectivity index (χ4n) is 4.63. The van der Waals surface area contributed by atoms with E-state index in [0.29, 0.717) is 6.42 Å². The van der Waals surface area contributed by atoms with Crippen molar-refractivity contribution in [2.24, 2.45) is 0 Å². The predicted octanol–water partition coefficient (Wildman–Crippen LogP) is 1.37. The number of nitrogens with zero attached hydrogens (tertiary/aromatic N) is 1. The number of benzene rings is 2. The number of quaternary nitrogens is 1. The van der Waals surface area contributed by atoms with Crippen LogP contribution < -0.4 is 34.0 Å². The summed E-state index contributed by atoms with van der Waals surface area (Å²) in [5, 5.41) is 2.94. The predicted molar refractivity (Wildman–Crippen MR) is 113 cm³/mol. The number of hydrogen-bond donors (Lipinski definition) is 1. The number of nitrogens with one attached hydrogen (secondary N) is 1. The van der Waals surface area contributed by atoms with E-state index in [9.17, 15) is 4.79 Å². The number of fused-ring (bicyclic) bond motifs is 1. The highest BCUT2D eigenvalue weighted by atomic mass is 127. The third kappa shape index (κ3) is 5.51. The normalized spacial score (nSPS) is 23.5. The highest BCUT2D eigenvalue weighted by molar-refractivity contribution is 5.94. The molecule has 2 aliphatic heterocycles. The van der Waals surface area contributed by atoms with Crippen LogP contribution in [0, 0.1) is 0 Å². The molecule has 2 heterocycles. The van der Waals surface area contributed by atoms with Crippen LogP contribution in [0.3, 0.4) is 0 Å². The largest absolute Gasteiger partial charge is 1.00 e. The number of rotatable bonds is 6. The number of carbonyl (C=O) groups excluding carboxylic acids is 1. The number of hydrogen-bond acceptors (Lipinski definition) is 2. The van der Waals surface area contributed by atoms with Crippen LogP contribution >= 0.6 is 0 Å². The smallest absolute Gasteiger partial charge is 0.224 e. The maximum atomic E-state index is 11.6. The molecular formula is C24H31IN2O2. The second kappa shape index (κ2) is 9.94. The van der Waals surface area contributed by atoms with Gasteiger partial charge in [0.15, 0.2) is 0 Å². The maximum absolute atomic E-state index is 11.6. The van der Waals surface area contributed by atoms with Gasteiger partial charge in [0.05, 0.1) is 33.3 Å². The van der Waals surface area contributed by atoms with Crippen molar-refractivity contribution in [3.05, 3.63) is 59.7 Å². The van der Waals surface area contributed by atoms with Crippen LogP contribution in [0.4, 0.5) is 5.69 Å². The molecule has 0 aromatic heterocycles. The summed E-state index contributed by atoms with van der Waals surface area (Å²) in [5.74, 6) is 1.75. The van der Waals surface area contributed by atoms with Gasteiger partial charge in [-0.3, -0.25) is 4.79 Å². The lowest BCUT2D eigenvalue weighted by atomic mass is 9.88. The minimum absolute atomic E-state index is 0. The van der Waals surface area contributed by atoms with Crippen molar-refractivity contribution in [3.63, 3.8) is 0 Å². The van der Waals surface area contributed by atoms with E-state index in [0.717, 1.165) is 53.4 Å². The SMILES string of the molecule is C[N+]1(CCCOc2cccc3c2CCC(=O)N3)CCC(c2ccccc2)CC1.[I-]. The van der Waals surface area contributed by atoms with E-state index >= 15 is 0 Å². The van der Waals surface area contributed by atoms with Crippen LogP contribution in [0.1, 0.15) is 42.7 Å². The molecule has 4 nitrogen and oxygen atoms in total. The first kappa shape index (κ1) is 22.1. The molecule has 0 bridgehead atoms. The van der Waals surface area contributed by atoms with Crippen molar-refractivity contribution in [1.29, 1.82) is 0 Å². The molecule has 0 radical (unpaired) electrons. The molecular weight excluding hydrogens is 475 g/mol. The number of likely N-dealkylation sites (tertiary alicyclic amines) is 1. The number of carbonyl (C=O) groups is 1. The van der Waals surface area contributed by atoms with Gasteiger partial charge in [-0.05, 0) is 30.0 Å². The van der Waals surface area contributed by atoms with Crippen molar-refractivity contribution in [2.45, 2.75) is 38.0 Å². The molecule has 2 aromatic rings. The fraction of sp³-hybridized carbons (Fsp3) is 0.458. The fourth-order valence-corrected chi connectivity index (χ4v) is 4.63. The zero-order chi connectivity index (χ0) is 19.4. The molecule has 0 atom stereocenters. The minimum Gasteiger partial charge on any atom is -1.00 e. The topological polar surface area (TPSA) is 38.3 Å². The second-order valence-electron chi connectivity index (χ2n) is 8.51. The van der Waals surface area contributed by atoms with E-state index in [1.807, 2.05) is 18.2 Å². The van der Waals surface area contributed by atoms with E-state index in [4.69, 9.17) is 4.74 Å². The molecule has 1 saturated heterocycles. The molecule has 1 N–H and O–H groups in total. The average molecular weight is 506 g/mol. The molecule has 0 saturated carbocycles. The Kier molecular flexibility index (Phi) is 7.57. The highest BCUT2D eigenvalue weighted by Gasteiger charge is 2.30. The van der Waals surface area contributed by atoms with Gasteiger partial charge in [-0.25, -0.2) is 0 Å². The van der Waals surface area contributed by atoms with Crippen molar-refractivity contribution >= 4 is 11.6 Å². The summed E-state index contributed by atoms with van der Waals surface area (Å²) < 4.78 is 7.25. The van der Waals surface area contributed by atoms with Crippen molar-refractivity contribution in [2.75, 3.05) is 38.6 Å². The highest BCUT2D eigenvalue weighted by Crippen LogP contribution is 2.32. The Morgan fingerprint density at radius 2 is 1.79 bits per heavy atom. The van der Waals surface area contributed by atoms with Crippen LogP contribution in [0.5, 0.6) is 5.75 Å². The Hall–Kier alpha value is -1.60. The Balaban J connectivity index is 0.00000240. The van der Waals surface area contributed by atoms with E-state index in [2.05, 4.69) is 42.7 Å². The Morgan fingerprint density at radius 1 is 1.03 bits per heavy atom. The third-order valence-corrected chi connectivity index (χ3v) is 6.41. The summed E-state index contributed by atoms with van der Waals surface area (Å²) in [6.45, 7) is 4.38. The van der Waals surface area contributed by atoms with Gasteiger partial charge in [0, 0.05) is 36.9 Å². The number of ether oxygens (including phenoxy) is 1. The third-order valence-electron chi connectivity index (χ3n) is 6.41. The first-order chi connectivity index (χ1) is 13.6. The van der Waals surface area contributed by atoms with Gasteiger partial charge >= 0.3 is 0 Å². The Labute approximate surface area is 191 Å². The maximum Gasteiger partial charge on any atom is 0.224 e. The average Bonchev–Trinajstić information content (AvgIpc) is 2.72. The van der Waals surface area contributed by atoms with Gasteiger partial charge in [-0.2, -0.15) is 0 Å². The quantitative estimate of drug-likeness (QED) is 0.365.